The number of hydrogen-bond acceptors (Lipinski definition) is 6. The van der Waals surface area contributed by atoms with E-state index >= 15 is 0 Å². The van der Waals surface area contributed by atoms with Crippen molar-refractivity contribution in [2.75, 3.05) is 11.3 Å². The first-order valence-electron chi connectivity index (χ1n) is 8.27. The Bertz CT molecular complexity index is 1210. The van der Waals surface area contributed by atoms with E-state index in [2.05, 4.69) is 4.72 Å². The molecule has 30 heavy (non-hydrogen) atoms. The number of hydrogen-bond donors (Lipinski definition) is 3. The first-order valence-corrected chi connectivity index (χ1v) is 11.0. The molecule has 11 heteroatoms. The molecule has 156 valence electrons. The molecule has 0 atom stereocenters. The van der Waals surface area contributed by atoms with Gasteiger partial charge < -0.3 is 14.9 Å². The summed E-state index contributed by atoms with van der Waals surface area (Å²) in [6.45, 7) is -0.757. The lowest BCUT2D eigenvalue weighted by Gasteiger charge is -2.09. The summed E-state index contributed by atoms with van der Waals surface area (Å²) in [6, 6.07) is 14.0. The Balaban J connectivity index is 1.97. The van der Waals surface area contributed by atoms with E-state index in [1.807, 2.05) is 0 Å². The van der Waals surface area contributed by atoms with E-state index in [0.717, 1.165) is 11.3 Å². The van der Waals surface area contributed by atoms with Gasteiger partial charge in [0.2, 0.25) is 0 Å². The van der Waals surface area contributed by atoms with E-state index < -0.39 is 28.6 Å². The molecule has 8 nitrogen and oxygen atoms in total. The highest BCUT2D eigenvalue weighted by molar-refractivity contribution is 7.92. The number of carbonyl (C=O) groups is 2. The Morgan fingerprint density at radius 3 is 2.40 bits per heavy atom. The van der Waals surface area contributed by atoms with Gasteiger partial charge in [-0.3, -0.25) is 4.72 Å². The molecule has 2 aromatic carbocycles. The van der Waals surface area contributed by atoms with Gasteiger partial charge in [0.25, 0.3) is 10.0 Å². The number of carboxylic acid groups (broad SMARTS) is 2. The van der Waals surface area contributed by atoms with Gasteiger partial charge in [-0.25, -0.2) is 18.0 Å². The maximum Gasteiger partial charge on any atom is 0.349 e. The molecule has 0 saturated carbocycles. The molecule has 0 aliphatic carbocycles. The van der Waals surface area contributed by atoms with Crippen molar-refractivity contribution in [1.82, 2.24) is 0 Å². The fourth-order valence-corrected chi connectivity index (χ4v) is 5.00. The second-order valence-electron chi connectivity index (χ2n) is 5.89. The first kappa shape index (κ1) is 21.6. The van der Waals surface area contributed by atoms with E-state index in [9.17, 15) is 23.1 Å². The van der Waals surface area contributed by atoms with Crippen molar-refractivity contribution in [2.24, 2.45) is 0 Å². The summed E-state index contributed by atoms with van der Waals surface area (Å²) in [6.07, 6.45) is 0. The maximum atomic E-state index is 12.5. The molecule has 3 N–H and O–H groups in total. The van der Waals surface area contributed by atoms with Crippen LogP contribution in [0.1, 0.15) is 9.67 Å². The molecule has 0 saturated heterocycles. The van der Waals surface area contributed by atoms with Crippen LogP contribution in [0, 0.1) is 0 Å². The molecular weight excluding hydrogens is 454 g/mol. The van der Waals surface area contributed by atoms with Gasteiger partial charge in [0, 0.05) is 5.69 Å². The van der Waals surface area contributed by atoms with E-state index in [-0.39, 0.29) is 26.2 Å². The van der Waals surface area contributed by atoms with Crippen LogP contribution in [0.15, 0.2) is 59.5 Å². The molecule has 0 fully saturated rings. The first-order chi connectivity index (χ1) is 14.2. The minimum Gasteiger partial charge on any atom is -0.479 e. The largest absolute Gasteiger partial charge is 0.479 e. The summed E-state index contributed by atoms with van der Waals surface area (Å²) in [4.78, 5) is 22.4. The molecule has 0 unspecified atom stereocenters. The summed E-state index contributed by atoms with van der Waals surface area (Å²) >= 11 is 7.06. The fourth-order valence-electron chi connectivity index (χ4n) is 2.52. The zero-order valence-corrected chi connectivity index (χ0v) is 17.4. The second kappa shape index (κ2) is 8.74. The SMILES string of the molecule is O=C(O)COc1c(C(=O)O)sc(-c2cccc(NS(=O)(=O)c3ccccc3)c2)c1Cl. The van der Waals surface area contributed by atoms with Crippen molar-refractivity contribution in [2.45, 2.75) is 4.90 Å². The Hall–Kier alpha value is -3.08. The molecule has 0 radical (unpaired) electrons. The number of aromatic carboxylic acids is 1. The molecule has 3 rings (SSSR count). The van der Waals surface area contributed by atoms with Crippen LogP contribution in [0.5, 0.6) is 5.75 Å². The van der Waals surface area contributed by atoms with Gasteiger partial charge in [-0.15, -0.1) is 11.3 Å². The van der Waals surface area contributed by atoms with Gasteiger partial charge in [-0.05, 0) is 29.8 Å². The molecule has 3 aromatic rings. The number of aliphatic carboxylic acids is 1. The number of anilines is 1. The lowest BCUT2D eigenvalue weighted by Crippen LogP contribution is -2.12. The number of nitrogens with one attached hydrogen (secondary N) is 1. The zero-order valence-electron chi connectivity index (χ0n) is 15.0. The Morgan fingerprint density at radius 2 is 1.77 bits per heavy atom. The topological polar surface area (TPSA) is 130 Å². The van der Waals surface area contributed by atoms with Crippen LogP contribution in [0.3, 0.4) is 0 Å². The number of sulfonamides is 1. The van der Waals surface area contributed by atoms with E-state index in [0.29, 0.717) is 10.4 Å². The van der Waals surface area contributed by atoms with Crippen molar-refractivity contribution < 1.29 is 33.0 Å². The minimum atomic E-state index is -3.82. The number of thiophene rings is 1. The van der Waals surface area contributed by atoms with Crippen molar-refractivity contribution in [3.8, 4) is 16.2 Å². The highest BCUT2D eigenvalue weighted by atomic mass is 35.5. The van der Waals surface area contributed by atoms with Crippen LogP contribution in [-0.4, -0.2) is 37.2 Å². The van der Waals surface area contributed by atoms with Crippen molar-refractivity contribution >= 4 is 50.6 Å². The third kappa shape index (κ3) is 4.73. The molecule has 0 bridgehead atoms. The van der Waals surface area contributed by atoms with Gasteiger partial charge in [0.1, 0.15) is 5.02 Å². The standard InChI is InChI=1S/C19H14ClNO7S2/c20-15-16(28-10-14(22)23)18(19(24)25)29-17(15)11-5-4-6-12(9-11)21-30(26,27)13-7-2-1-3-8-13/h1-9,21H,10H2,(H,22,23)(H,24,25). The van der Waals surface area contributed by atoms with Crippen LogP contribution in [-0.2, 0) is 14.8 Å². The van der Waals surface area contributed by atoms with Crippen LogP contribution < -0.4 is 9.46 Å². The Kier molecular flexibility index (Phi) is 6.30. The number of rotatable bonds is 8. The third-order valence-corrected chi connectivity index (χ3v) is 6.85. The molecule has 0 aliphatic rings. The van der Waals surface area contributed by atoms with E-state index in [4.69, 9.17) is 21.4 Å². The predicted octanol–water partition coefficient (Wildman–Crippen LogP) is 4.03. The summed E-state index contributed by atoms with van der Waals surface area (Å²) in [5.41, 5.74) is 0.677. The van der Waals surface area contributed by atoms with Crippen LogP contribution in [0.2, 0.25) is 5.02 Å². The van der Waals surface area contributed by atoms with Crippen LogP contribution >= 0.6 is 22.9 Å². The molecule has 0 amide bonds. The van der Waals surface area contributed by atoms with Crippen LogP contribution in [0.4, 0.5) is 5.69 Å². The maximum absolute atomic E-state index is 12.5. The molecule has 0 spiro atoms. The molecule has 0 aliphatic heterocycles. The highest BCUT2D eigenvalue weighted by Gasteiger charge is 2.25. The number of carboxylic acids is 2. The predicted molar refractivity (Wildman–Crippen MR) is 112 cm³/mol. The van der Waals surface area contributed by atoms with Gasteiger partial charge in [-0.2, -0.15) is 0 Å². The number of benzene rings is 2. The zero-order chi connectivity index (χ0) is 21.9. The lowest BCUT2D eigenvalue weighted by molar-refractivity contribution is -0.139. The molecule has 1 heterocycles. The Morgan fingerprint density at radius 1 is 1.07 bits per heavy atom. The minimum absolute atomic E-state index is 0.0679. The monoisotopic (exact) mass is 467 g/mol. The van der Waals surface area contributed by atoms with E-state index in [1.54, 1.807) is 30.3 Å². The lowest BCUT2D eigenvalue weighted by atomic mass is 10.1. The van der Waals surface area contributed by atoms with Crippen molar-refractivity contribution in [1.29, 1.82) is 0 Å². The smallest absolute Gasteiger partial charge is 0.349 e. The highest BCUT2D eigenvalue weighted by Crippen LogP contribution is 2.45. The van der Waals surface area contributed by atoms with Gasteiger partial charge >= 0.3 is 11.9 Å². The summed E-state index contributed by atoms with van der Waals surface area (Å²) in [5.74, 6) is -2.86. The molecular formula is C19H14ClNO7S2. The third-order valence-electron chi connectivity index (χ3n) is 3.77. The fraction of sp³-hybridized carbons (Fsp3) is 0.0526. The van der Waals surface area contributed by atoms with Gasteiger partial charge in [-0.1, -0.05) is 41.9 Å². The quantitative estimate of drug-likeness (QED) is 0.456. The summed E-state index contributed by atoms with van der Waals surface area (Å²) in [5, 5.41) is 18.1. The van der Waals surface area contributed by atoms with Crippen molar-refractivity contribution in [3.63, 3.8) is 0 Å². The normalized spacial score (nSPS) is 11.1. The molecule has 1 aromatic heterocycles. The van der Waals surface area contributed by atoms with Crippen molar-refractivity contribution in [3.05, 3.63) is 64.5 Å². The second-order valence-corrected chi connectivity index (χ2v) is 8.97. The van der Waals surface area contributed by atoms with E-state index in [1.165, 1.54) is 24.3 Å². The average molecular weight is 468 g/mol. The number of ether oxygens (including phenoxy) is 1. The van der Waals surface area contributed by atoms with Gasteiger partial charge in [0.05, 0.1) is 9.77 Å². The number of halogens is 1. The van der Waals surface area contributed by atoms with Crippen LogP contribution in [0.25, 0.3) is 10.4 Å². The summed E-state index contributed by atoms with van der Waals surface area (Å²) < 4.78 is 32.6. The average Bonchev–Trinajstić information content (AvgIpc) is 3.03. The summed E-state index contributed by atoms with van der Waals surface area (Å²) in [7, 11) is -3.82. The Labute approximate surface area is 180 Å². The van der Waals surface area contributed by atoms with Gasteiger partial charge in [0.15, 0.2) is 17.2 Å².